The van der Waals surface area contributed by atoms with E-state index in [1.165, 1.54) is 18.3 Å². The molecule has 0 aliphatic heterocycles. The first-order valence-corrected chi connectivity index (χ1v) is 7.72. The van der Waals surface area contributed by atoms with Gasteiger partial charge in [0.2, 0.25) is 0 Å². The number of hydrogen-bond acceptors (Lipinski definition) is 5. The molecule has 0 saturated heterocycles. The summed E-state index contributed by atoms with van der Waals surface area (Å²) in [6, 6.07) is 5.25. The van der Waals surface area contributed by atoms with Crippen molar-refractivity contribution < 1.29 is 27.5 Å². The number of aliphatic hydroxyl groups excluding tert-OH is 1. The molecule has 0 unspecified atom stereocenters. The maximum Gasteiger partial charge on any atom is 0.416 e. The number of rotatable bonds is 3. The Balaban J connectivity index is 2.02. The first kappa shape index (κ1) is 18.6. The van der Waals surface area contributed by atoms with Crippen molar-refractivity contribution in [2.75, 3.05) is 5.32 Å². The summed E-state index contributed by atoms with van der Waals surface area (Å²) < 4.78 is 43.5. The summed E-state index contributed by atoms with van der Waals surface area (Å²) in [7, 11) is 0. The van der Waals surface area contributed by atoms with Crippen LogP contribution in [0.4, 0.5) is 18.9 Å². The van der Waals surface area contributed by atoms with Crippen LogP contribution < -0.4 is 10.9 Å². The van der Waals surface area contributed by atoms with Gasteiger partial charge in [-0.3, -0.25) is 9.78 Å². The van der Waals surface area contributed by atoms with E-state index in [0.717, 1.165) is 18.2 Å². The monoisotopic (exact) mass is 378 g/mol. The highest BCUT2D eigenvalue weighted by Gasteiger charge is 2.30. The van der Waals surface area contributed by atoms with Crippen LogP contribution in [-0.4, -0.2) is 16.0 Å². The van der Waals surface area contributed by atoms with Gasteiger partial charge in [0.25, 0.3) is 5.91 Å². The second kappa shape index (κ2) is 6.84. The van der Waals surface area contributed by atoms with E-state index in [-0.39, 0.29) is 11.3 Å². The fourth-order valence-corrected chi connectivity index (χ4v) is 2.54. The number of amides is 1. The number of halogens is 3. The molecule has 0 aliphatic carbocycles. The standard InChI is InChI=1S/C18H13F3N2O4/c1-9-15-13(10(8-24)7-22-9)6-14(17(26)27-15)16(25)23-12-4-2-3-11(5-12)18(19,20)21/h2-7,24H,8H2,1H3,(H,23,25). The number of aryl methyl sites for hydroxylation is 1. The molecule has 2 heterocycles. The third-order valence-electron chi connectivity index (χ3n) is 3.90. The summed E-state index contributed by atoms with van der Waals surface area (Å²) in [5.74, 6) is -0.927. The maximum atomic E-state index is 12.8. The number of anilines is 1. The number of alkyl halides is 3. The molecule has 0 aliphatic rings. The van der Waals surface area contributed by atoms with Gasteiger partial charge in [-0.05, 0) is 31.2 Å². The molecule has 2 aromatic heterocycles. The third-order valence-corrected chi connectivity index (χ3v) is 3.90. The summed E-state index contributed by atoms with van der Waals surface area (Å²) in [5, 5.41) is 12.0. The Bertz CT molecular complexity index is 1090. The van der Waals surface area contributed by atoms with E-state index in [1.807, 2.05) is 0 Å². The summed E-state index contributed by atoms with van der Waals surface area (Å²) in [6.07, 6.45) is -3.19. The van der Waals surface area contributed by atoms with E-state index in [1.54, 1.807) is 6.92 Å². The molecule has 3 aromatic rings. The maximum absolute atomic E-state index is 12.8. The average Bonchev–Trinajstić information content (AvgIpc) is 2.61. The second-order valence-electron chi connectivity index (χ2n) is 5.75. The Hall–Kier alpha value is -3.20. The van der Waals surface area contributed by atoms with Crippen molar-refractivity contribution in [1.82, 2.24) is 4.98 Å². The van der Waals surface area contributed by atoms with E-state index in [0.29, 0.717) is 16.6 Å². The highest BCUT2D eigenvalue weighted by Crippen LogP contribution is 2.30. The number of carbonyl (C=O) groups is 1. The van der Waals surface area contributed by atoms with Crippen molar-refractivity contribution in [3.63, 3.8) is 0 Å². The van der Waals surface area contributed by atoms with Gasteiger partial charge < -0.3 is 14.8 Å². The number of aliphatic hydroxyl groups is 1. The van der Waals surface area contributed by atoms with Gasteiger partial charge in [0.15, 0.2) is 5.58 Å². The Kier molecular flexibility index (Phi) is 4.71. The molecular weight excluding hydrogens is 365 g/mol. The lowest BCUT2D eigenvalue weighted by Crippen LogP contribution is -2.21. The quantitative estimate of drug-likeness (QED) is 0.730. The van der Waals surface area contributed by atoms with Crippen molar-refractivity contribution in [1.29, 1.82) is 0 Å². The van der Waals surface area contributed by atoms with Gasteiger partial charge in [0.1, 0.15) is 5.56 Å². The molecule has 0 bridgehead atoms. The van der Waals surface area contributed by atoms with Gasteiger partial charge in [0.05, 0.1) is 17.9 Å². The van der Waals surface area contributed by atoms with Crippen LogP contribution in [0.1, 0.15) is 27.2 Å². The molecule has 1 amide bonds. The van der Waals surface area contributed by atoms with Crippen molar-refractivity contribution in [2.45, 2.75) is 19.7 Å². The molecule has 0 radical (unpaired) electrons. The summed E-state index contributed by atoms with van der Waals surface area (Å²) in [5.41, 5.74) is -1.57. The van der Waals surface area contributed by atoms with Crippen LogP contribution in [0.2, 0.25) is 0 Å². The van der Waals surface area contributed by atoms with Crippen molar-refractivity contribution in [3.8, 4) is 0 Å². The van der Waals surface area contributed by atoms with Crippen LogP contribution in [0.5, 0.6) is 0 Å². The molecule has 9 heteroatoms. The van der Waals surface area contributed by atoms with Crippen LogP contribution >= 0.6 is 0 Å². The molecule has 0 fully saturated rings. The number of carbonyl (C=O) groups excluding carboxylic acids is 1. The lowest BCUT2D eigenvalue weighted by atomic mass is 10.1. The van der Waals surface area contributed by atoms with E-state index in [9.17, 15) is 27.9 Å². The van der Waals surface area contributed by atoms with E-state index in [2.05, 4.69) is 10.3 Å². The molecule has 3 rings (SSSR count). The van der Waals surface area contributed by atoms with Gasteiger partial charge in [-0.25, -0.2) is 4.79 Å². The Morgan fingerprint density at radius 2 is 2.04 bits per heavy atom. The largest absolute Gasteiger partial charge is 0.420 e. The zero-order valence-electron chi connectivity index (χ0n) is 13.9. The van der Waals surface area contributed by atoms with Crippen LogP contribution in [0, 0.1) is 6.92 Å². The molecule has 0 saturated carbocycles. The first-order valence-electron chi connectivity index (χ1n) is 7.72. The zero-order valence-corrected chi connectivity index (χ0v) is 13.9. The smallest absolute Gasteiger partial charge is 0.416 e. The molecule has 0 atom stereocenters. The molecule has 6 nitrogen and oxygen atoms in total. The number of nitrogens with one attached hydrogen (secondary N) is 1. The number of pyridine rings is 1. The van der Waals surface area contributed by atoms with Gasteiger partial charge in [-0.1, -0.05) is 6.07 Å². The number of aromatic nitrogens is 1. The summed E-state index contributed by atoms with van der Waals surface area (Å²) in [4.78, 5) is 28.5. The molecule has 140 valence electrons. The lowest BCUT2D eigenvalue weighted by molar-refractivity contribution is -0.137. The van der Waals surface area contributed by atoms with Crippen LogP contribution in [0.15, 0.2) is 45.7 Å². The lowest BCUT2D eigenvalue weighted by Gasteiger charge is -2.10. The molecule has 0 spiro atoms. The normalized spacial score (nSPS) is 11.6. The predicted octanol–water partition coefficient (Wildman–Crippen LogP) is 3.26. The zero-order chi connectivity index (χ0) is 19.8. The van der Waals surface area contributed by atoms with E-state index < -0.39 is 35.4 Å². The number of fused-ring (bicyclic) bond motifs is 1. The third kappa shape index (κ3) is 3.68. The van der Waals surface area contributed by atoms with Crippen LogP contribution in [0.25, 0.3) is 11.0 Å². The van der Waals surface area contributed by atoms with Crippen molar-refractivity contribution >= 4 is 22.6 Å². The highest BCUT2D eigenvalue weighted by molar-refractivity contribution is 6.05. The minimum atomic E-state index is -4.57. The summed E-state index contributed by atoms with van der Waals surface area (Å²) >= 11 is 0. The van der Waals surface area contributed by atoms with Gasteiger partial charge >= 0.3 is 11.8 Å². The Morgan fingerprint density at radius 1 is 1.30 bits per heavy atom. The fourth-order valence-electron chi connectivity index (χ4n) is 2.54. The van der Waals surface area contributed by atoms with E-state index >= 15 is 0 Å². The molecule has 27 heavy (non-hydrogen) atoms. The fraction of sp³-hybridized carbons (Fsp3) is 0.167. The Morgan fingerprint density at radius 3 is 2.70 bits per heavy atom. The number of benzene rings is 1. The summed E-state index contributed by atoms with van der Waals surface area (Å²) in [6.45, 7) is 1.20. The van der Waals surface area contributed by atoms with Gasteiger partial charge in [-0.2, -0.15) is 13.2 Å². The van der Waals surface area contributed by atoms with Crippen LogP contribution in [-0.2, 0) is 12.8 Å². The van der Waals surface area contributed by atoms with E-state index in [4.69, 9.17) is 4.42 Å². The van der Waals surface area contributed by atoms with Crippen molar-refractivity contribution in [3.05, 3.63) is 69.3 Å². The SMILES string of the molecule is Cc1ncc(CO)c2cc(C(=O)Nc3cccc(C(F)(F)F)c3)c(=O)oc12. The number of hydrogen-bond donors (Lipinski definition) is 2. The first-order chi connectivity index (χ1) is 12.7. The molecule has 1 aromatic carbocycles. The topological polar surface area (TPSA) is 92.4 Å². The van der Waals surface area contributed by atoms with Gasteiger partial charge in [-0.15, -0.1) is 0 Å². The minimum Gasteiger partial charge on any atom is -0.420 e. The highest BCUT2D eigenvalue weighted by atomic mass is 19.4. The van der Waals surface area contributed by atoms with Crippen molar-refractivity contribution in [2.24, 2.45) is 0 Å². The predicted molar refractivity (Wildman–Crippen MR) is 90.3 cm³/mol. The second-order valence-corrected chi connectivity index (χ2v) is 5.75. The molecular formula is C18H13F3N2O4. The molecule has 2 N–H and O–H groups in total. The van der Waals surface area contributed by atoms with Gasteiger partial charge in [0, 0.05) is 22.8 Å². The number of nitrogens with zero attached hydrogens (tertiary/aromatic N) is 1. The minimum absolute atomic E-state index is 0.123. The van der Waals surface area contributed by atoms with Crippen LogP contribution in [0.3, 0.4) is 0 Å². The average molecular weight is 378 g/mol. The Labute approximate surface area is 150 Å².